The Kier molecular flexibility index (Phi) is 5.88. The molecule has 1 amide bonds. The second-order valence-electron chi connectivity index (χ2n) is 5.29. The SMILES string of the molecule is CC(=O)Nc1ccc(C(=O)[C@H](C)OC(=O)c2ccc(Cl)cc2F)cc1. The maximum Gasteiger partial charge on any atom is 0.341 e. The quantitative estimate of drug-likeness (QED) is 0.646. The van der Waals surface area contributed by atoms with Crippen LogP contribution in [0.5, 0.6) is 0 Å². The maximum absolute atomic E-state index is 13.7. The van der Waals surface area contributed by atoms with E-state index in [4.69, 9.17) is 16.3 Å². The number of amides is 1. The number of Topliss-reactive ketones (excluding diaryl/α,β-unsaturated/α-hetero) is 1. The number of nitrogens with one attached hydrogen (secondary N) is 1. The lowest BCUT2D eigenvalue weighted by Gasteiger charge is -2.13. The highest BCUT2D eigenvalue weighted by atomic mass is 35.5. The van der Waals surface area contributed by atoms with E-state index in [0.717, 1.165) is 6.07 Å². The number of halogens is 2. The maximum atomic E-state index is 13.7. The number of ether oxygens (including phenoxy) is 1. The molecule has 5 nitrogen and oxygen atoms in total. The zero-order valence-corrected chi connectivity index (χ0v) is 14.3. The molecule has 130 valence electrons. The van der Waals surface area contributed by atoms with Gasteiger partial charge in [0.1, 0.15) is 5.82 Å². The molecule has 0 bridgehead atoms. The summed E-state index contributed by atoms with van der Waals surface area (Å²) in [6, 6.07) is 9.66. The number of carbonyl (C=O) groups is 3. The molecule has 2 rings (SSSR count). The Labute approximate surface area is 148 Å². The number of carbonyl (C=O) groups excluding carboxylic acids is 3. The van der Waals surface area contributed by atoms with Crippen molar-refractivity contribution in [3.05, 3.63) is 64.4 Å². The minimum absolute atomic E-state index is 0.150. The van der Waals surface area contributed by atoms with E-state index < -0.39 is 23.7 Å². The summed E-state index contributed by atoms with van der Waals surface area (Å²) in [7, 11) is 0. The lowest BCUT2D eigenvalue weighted by molar-refractivity contribution is -0.114. The van der Waals surface area contributed by atoms with Crippen LogP contribution in [-0.4, -0.2) is 23.8 Å². The third-order valence-corrected chi connectivity index (χ3v) is 3.53. The predicted octanol–water partition coefficient (Wildman–Crippen LogP) is 3.87. The van der Waals surface area contributed by atoms with Gasteiger partial charge < -0.3 is 10.1 Å². The molecule has 2 aromatic carbocycles. The Morgan fingerprint density at radius 2 is 1.76 bits per heavy atom. The fraction of sp³-hybridized carbons (Fsp3) is 0.167. The lowest BCUT2D eigenvalue weighted by atomic mass is 10.1. The van der Waals surface area contributed by atoms with E-state index in [0.29, 0.717) is 11.3 Å². The summed E-state index contributed by atoms with van der Waals surface area (Å²) >= 11 is 5.63. The van der Waals surface area contributed by atoms with Crippen LogP contribution in [0.15, 0.2) is 42.5 Å². The fourth-order valence-corrected chi connectivity index (χ4v) is 2.25. The summed E-state index contributed by atoms with van der Waals surface area (Å²) in [6.07, 6.45) is -1.10. The average molecular weight is 364 g/mol. The Bertz CT molecular complexity index is 820. The number of anilines is 1. The van der Waals surface area contributed by atoms with Crippen molar-refractivity contribution in [1.82, 2.24) is 0 Å². The van der Waals surface area contributed by atoms with E-state index in [2.05, 4.69) is 5.32 Å². The van der Waals surface area contributed by atoms with Crippen LogP contribution in [0, 0.1) is 5.82 Å². The van der Waals surface area contributed by atoms with Crippen molar-refractivity contribution >= 4 is 34.9 Å². The highest BCUT2D eigenvalue weighted by Gasteiger charge is 2.22. The van der Waals surface area contributed by atoms with E-state index in [1.807, 2.05) is 0 Å². The second kappa shape index (κ2) is 7.90. The van der Waals surface area contributed by atoms with Crippen molar-refractivity contribution < 1.29 is 23.5 Å². The Morgan fingerprint density at radius 3 is 2.32 bits per heavy atom. The van der Waals surface area contributed by atoms with Crippen molar-refractivity contribution in [3.63, 3.8) is 0 Å². The summed E-state index contributed by atoms with van der Waals surface area (Å²) in [5.41, 5.74) is 0.535. The second-order valence-corrected chi connectivity index (χ2v) is 5.73. The zero-order chi connectivity index (χ0) is 18.6. The van der Waals surface area contributed by atoms with Gasteiger partial charge in [0.25, 0.3) is 0 Å². The monoisotopic (exact) mass is 363 g/mol. The number of hydrogen-bond donors (Lipinski definition) is 1. The molecule has 25 heavy (non-hydrogen) atoms. The first kappa shape index (κ1) is 18.6. The van der Waals surface area contributed by atoms with E-state index in [1.165, 1.54) is 38.1 Å². The van der Waals surface area contributed by atoms with Crippen molar-refractivity contribution in [2.45, 2.75) is 20.0 Å². The standard InChI is InChI=1S/C18H15ClFNO4/c1-10(25-18(24)15-8-5-13(19)9-16(15)20)17(23)12-3-6-14(7-4-12)21-11(2)22/h3-10H,1-2H3,(H,21,22)/t10-/m0/s1. The minimum atomic E-state index is -1.10. The van der Waals surface area contributed by atoms with Crippen LogP contribution in [0.1, 0.15) is 34.6 Å². The molecule has 1 N–H and O–H groups in total. The van der Waals surface area contributed by atoms with Crippen LogP contribution in [0.2, 0.25) is 5.02 Å². The molecule has 0 aromatic heterocycles. The van der Waals surface area contributed by atoms with Gasteiger partial charge in [0.15, 0.2) is 6.10 Å². The van der Waals surface area contributed by atoms with Gasteiger partial charge in [-0.2, -0.15) is 0 Å². The van der Waals surface area contributed by atoms with Crippen LogP contribution in [0.3, 0.4) is 0 Å². The van der Waals surface area contributed by atoms with E-state index in [-0.39, 0.29) is 16.5 Å². The van der Waals surface area contributed by atoms with E-state index in [1.54, 1.807) is 12.1 Å². The molecule has 0 aliphatic heterocycles. The number of benzene rings is 2. The molecular formula is C18H15ClFNO4. The van der Waals surface area contributed by atoms with Gasteiger partial charge in [-0.25, -0.2) is 9.18 Å². The molecule has 0 aliphatic carbocycles. The summed E-state index contributed by atoms with van der Waals surface area (Å²) < 4.78 is 18.7. The van der Waals surface area contributed by atoms with Crippen LogP contribution in [0.25, 0.3) is 0 Å². The first-order valence-electron chi connectivity index (χ1n) is 7.36. The summed E-state index contributed by atoms with van der Waals surface area (Å²) in [5, 5.41) is 2.73. The third-order valence-electron chi connectivity index (χ3n) is 3.29. The number of rotatable bonds is 5. The first-order chi connectivity index (χ1) is 11.8. The van der Waals surface area contributed by atoms with Crippen LogP contribution in [-0.2, 0) is 9.53 Å². The normalized spacial score (nSPS) is 11.5. The van der Waals surface area contributed by atoms with Gasteiger partial charge in [0.05, 0.1) is 5.56 Å². The van der Waals surface area contributed by atoms with Crippen molar-refractivity contribution in [2.24, 2.45) is 0 Å². The zero-order valence-electron chi connectivity index (χ0n) is 13.5. The molecule has 0 radical (unpaired) electrons. The molecular weight excluding hydrogens is 349 g/mol. The minimum Gasteiger partial charge on any atom is -0.451 e. The molecule has 0 aliphatic rings. The molecule has 0 heterocycles. The fourth-order valence-electron chi connectivity index (χ4n) is 2.09. The van der Waals surface area contributed by atoms with Crippen molar-refractivity contribution in [3.8, 4) is 0 Å². The largest absolute Gasteiger partial charge is 0.451 e. The molecule has 2 aromatic rings. The Morgan fingerprint density at radius 1 is 1.12 bits per heavy atom. The van der Waals surface area contributed by atoms with Gasteiger partial charge in [0.2, 0.25) is 11.7 Å². The predicted molar refractivity (Wildman–Crippen MR) is 91.4 cm³/mol. The van der Waals surface area contributed by atoms with Crippen LogP contribution < -0.4 is 5.32 Å². The molecule has 0 saturated heterocycles. The van der Waals surface area contributed by atoms with Crippen molar-refractivity contribution in [1.29, 1.82) is 0 Å². The average Bonchev–Trinajstić information content (AvgIpc) is 2.54. The van der Waals surface area contributed by atoms with Gasteiger partial charge in [-0.05, 0) is 49.4 Å². The summed E-state index contributed by atoms with van der Waals surface area (Å²) in [4.78, 5) is 35.3. The van der Waals surface area contributed by atoms with E-state index in [9.17, 15) is 18.8 Å². The topological polar surface area (TPSA) is 72.5 Å². The number of esters is 1. The lowest BCUT2D eigenvalue weighted by Crippen LogP contribution is -2.25. The first-order valence-corrected chi connectivity index (χ1v) is 7.73. The Hall–Kier alpha value is -2.73. The Balaban J connectivity index is 2.06. The van der Waals surface area contributed by atoms with E-state index >= 15 is 0 Å². The molecule has 0 spiro atoms. The third kappa shape index (κ3) is 4.87. The smallest absolute Gasteiger partial charge is 0.341 e. The number of ketones is 1. The van der Waals surface area contributed by atoms with Gasteiger partial charge in [-0.1, -0.05) is 11.6 Å². The van der Waals surface area contributed by atoms with Gasteiger partial charge in [0, 0.05) is 23.2 Å². The highest BCUT2D eigenvalue weighted by molar-refractivity contribution is 6.30. The highest BCUT2D eigenvalue weighted by Crippen LogP contribution is 2.17. The molecule has 1 atom stereocenters. The van der Waals surface area contributed by atoms with Crippen LogP contribution in [0.4, 0.5) is 10.1 Å². The summed E-state index contributed by atoms with van der Waals surface area (Å²) in [5.74, 6) is -2.45. The van der Waals surface area contributed by atoms with Gasteiger partial charge >= 0.3 is 5.97 Å². The molecule has 0 unspecified atom stereocenters. The number of hydrogen-bond acceptors (Lipinski definition) is 4. The molecule has 7 heteroatoms. The van der Waals surface area contributed by atoms with Crippen molar-refractivity contribution in [2.75, 3.05) is 5.32 Å². The summed E-state index contributed by atoms with van der Waals surface area (Å²) in [6.45, 7) is 2.77. The van der Waals surface area contributed by atoms with Crippen LogP contribution >= 0.6 is 11.6 Å². The van der Waals surface area contributed by atoms with Gasteiger partial charge in [-0.15, -0.1) is 0 Å². The molecule has 0 saturated carbocycles. The molecule has 0 fully saturated rings. The van der Waals surface area contributed by atoms with Gasteiger partial charge in [-0.3, -0.25) is 9.59 Å².